The van der Waals surface area contributed by atoms with E-state index in [-0.39, 0.29) is 0 Å². The first kappa shape index (κ1) is 22.6. The van der Waals surface area contributed by atoms with E-state index in [2.05, 4.69) is 64.5 Å². The zero-order chi connectivity index (χ0) is 18.8. The first-order chi connectivity index (χ1) is 12.2. The fourth-order valence-corrected chi connectivity index (χ4v) is 2.05. The topological polar surface area (TPSA) is 48.8 Å². The maximum absolute atomic E-state index is 4.53. The van der Waals surface area contributed by atoms with Crippen LogP contribution in [0.4, 0.5) is 0 Å². The highest BCUT2D eigenvalue weighted by Gasteiger charge is 2.02. The van der Waals surface area contributed by atoms with Gasteiger partial charge in [0, 0.05) is 52.1 Å². The van der Waals surface area contributed by atoms with Crippen LogP contribution in [0.3, 0.4) is 0 Å². The van der Waals surface area contributed by atoms with Crippen LogP contribution < -0.4 is 10.6 Å². The Morgan fingerprint density at radius 3 is 2.52 bits per heavy atom. The van der Waals surface area contributed by atoms with Crippen molar-refractivity contribution in [2.45, 2.75) is 39.0 Å². The number of amidine groups is 1. The van der Waals surface area contributed by atoms with Gasteiger partial charge in [0.05, 0.1) is 0 Å². The minimum Gasteiger partial charge on any atom is -0.393 e. The molecule has 0 spiro atoms. The Bertz CT molecular complexity index is 534. The molecule has 0 aliphatic carbocycles. The fraction of sp³-hybridized carbons (Fsp3) is 0.429. The zero-order valence-electron chi connectivity index (χ0n) is 16.3. The molecular weight excluding hydrogens is 308 g/mol. The van der Waals surface area contributed by atoms with E-state index >= 15 is 0 Å². The summed E-state index contributed by atoms with van der Waals surface area (Å²) < 4.78 is 0. The number of rotatable bonds is 12. The van der Waals surface area contributed by atoms with E-state index in [9.17, 15) is 0 Å². The van der Waals surface area contributed by atoms with E-state index in [1.165, 1.54) is 12.0 Å². The lowest BCUT2D eigenvalue weighted by Crippen LogP contribution is -2.21. The SMILES string of the molecule is C=C/C=C(/C=C/C/C(C/C(=N\C)NC)=N\C=C/NC)C/C=C\CCC. The third-order valence-electron chi connectivity index (χ3n) is 3.42. The smallest absolute Gasteiger partial charge is 0.101 e. The van der Waals surface area contributed by atoms with Crippen molar-refractivity contribution in [2.75, 3.05) is 21.1 Å². The molecule has 0 aliphatic heterocycles. The second-order valence-electron chi connectivity index (χ2n) is 5.44. The van der Waals surface area contributed by atoms with E-state index in [0.717, 1.165) is 30.8 Å². The highest BCUT2D eigenvalue weighted by molar-refractivity contribution is 6.04. The number of hydrogen-bond acceptors (Lipinski definition) is 3. The fourth-order valence-electron chi connectivity index (χ4n) is 2.05. The molecule has 0 aromatic carbocycles. The quantitative estimate of drug-likeness (QED) is 0.236. The van der Waals surface area contributed by atoms with Crippen LogP contribution in [-0.2, 0) is 0 Å². The number of allylic oxidation sites excluding steroid dienone is 7. The Morgan fingerprint density at radius 2 is 1.92 bits per heavy atom. The van der Waals surface area contributed by atoms with Crippen molar-refractivity contribution >= 4 is 11.5 Å². The van der Waals surface area contributed by atoms with Crippen molar-refractivity contribution < 1.29 is 0 Å². The number of hydrogen-bond donors (Lipinski definition) is 2. The molecule has 0 amide bonds. The predicted molar refractivity (Wildman–Crippen MR) is 113 cm³/mol. The van der Waals surface area contributed by atoms with Crippen molar-refractivity contribution in [2.24, 2.45) is 9.98 Å². The Balaban J connectivity index is 4.93. The van der Waals surface area contributed by atoms with Crippen LogP contribution >= 0.6 is 0 Å². The molecule has 0 saturated heterocycles. The zero-order valence-corrected chi connectivity index (χ0v) is 16.3. The molecule has 0 saturated carbocycles. The monoisotopic (exact) mass is 342 g/mol. The van der Waals surface area contributed by atoms with E-state index in [0.29, 0.717) is 6.42 Å². The van der Waals surface area contributed by atoms with E-state index in [1.54, 1.807) is 13.2 Å². The standard InChI is InChI=1S/C21H34N4/c1-6-8-9-10-13-19(12-7-2)14-11-15-20(25-17-16-22-3)18-21(23-4)24-5/h7,9-12,14,16-17,22H,2,6,8,13,15,18H2,1,3-5H3,(H,23,24)/b10-9-,14-11+,17-16-,19-12+,25-20+. The second kappa shape index (κ2) is 16.5. The normalized spacial score (nSPS) is 14.0. The largest absolute Gasteiger partial charge is 0.393 e. The van der Waals surface area contributed by atoms with Crippen LogP contribution in [-0.4, -0.2) is 32.7 Å². The summed E-state index contributed by atoms with van der Waals surface area (Å²) in [7, 11) is 5.53. The van der Waals surface area contributed by atoms with Crippen LogP contribution in [0.25, 0.3) is 0 Å². The second-order valence-corrected chi connectivity index (χ2v) is 5.44. The molecule has 138 valence electrons. The minimum atomic E-state index is 0.711. The molecular formula is C21H34N4. The maximum Gasteiger partial charge on any atom is 0.101 e. The summed E-state index contributed by atoms with van der Waals surface area (Å²) in [6, 6.07) is 0. The average Bonchev–Trinajstić information content (AvgIpc) is 2.62. The first-order valence-corrected chi connectivity index (χ1v) is 8.86. The molecule has 0 aliphatic rings. The van der Waals surface area contributed by atoms with Crippen LogP contribution in [0.15, 0.2) is 71.0 Å². The van der Waals surface area contributed by atoms with Gasteiger partial charge in [-0.3, -0.25) is 9.98 Å². The molecule has 0 unspecified atom stereocenters. The lowest BCUT2D eigenvalue weighted by Gasteiger charge is -2.06. The Kier molecular flexibility index (Phi) is 14.9. The molecule has 4 heteroatoms. The molecule has 25 heavy (non-hydrogen) atoms. The van der Waals surface area contributed by atoms with Crippen LogP contribution in [0, 0.1) is 0 Å². The van der Waals surface area contributed by atoms with Gasteiger partial charge < -0.3 is 10.6 Å². The van der Waals surface area contributed by atoms with Gasteiger partial charge in [0.1, 0.15) is 5.84 Å². The third-order valence-corrected chi connectivity index (χ3v) is 3.42. The average molecular weight is 343 g/mol. The van der Waals surface area contributed by atoms with Gasteiger partial charge in [0.25, 0.3) is 0 Å². The minimum absolute atomic E-state index is 0.711. The van der Waals surface area contributed by atoms with Gasteiger partial charge in [0.2, 0.25) is 0 Å². The summed E-state index contributed by atoms with van der Waals surface area (Å²) in [5.41, 5.74) is 2.29. The number of unbranched alkanes of at least 4 members (excludes halogenated alkanes) is 1. The van der Waals surface area contributed by atoms with Gasteiger partial charge in [0.15, 0.2) is 0 Å². The molecule has 0 aromatic rings. The van der Waals surface area contributed by atoms with Crippen molar-refractivity contribution in [3.63, 3.8) is 0 Å². The highest BCUT2D eigenvalue weighted by atomic mass is 15.0. The van der Waals surface area contributed by atoms with Gasteiger partial charge in [-0.25, -0.2) is 0 Å². The summed E-state index contributed by atoms with van der Waals surface area (Å²) >= 11 is 0. The molecule has 2 N–H and O–H groups in total. The Morgan fingerprint density at radius 1 is 1.12 bits per heavy atom. The number of aliphatic imine (C=N–C) groups is 2. The first-order valence-electron chi connectivity index (χ1n) is 8.86. The van der Waals surface area contributed by atoms with Crippen molar-refractivity contribution in [3.8, 4) is 0 Å². The summed E-state index contributed by atoms with van der Waals surface area (Å²) in [5.74, 6) is 0.925. The maximum atomic E-state index is 4.53. The molecule has 0 aromatic heterocycles. The summed E-state index contributed by atoms with van der Waals surface area (Å²) in [5, 5.41) is 6.05. The van der Waals surface area contributed by atoms with E-state index in [1.807, 2.05) is 26.4 Å². The van der Waals surface area contributed by atoms with Crippen LogP contribution in [0.2, 0.25) is 0 Å². The summed E-state index contributed by atoms with van der Waals surface area (Å²) in [6.45, 7) is 5.99. The number of nitrogens with zero attached hydrogens (tertiary/aromatic N) is 2. The van der Waals surface area contributed by atoms with Gasteiger partial charge in [-0.2, -0.15) is 0 Å². The van der Waals surface area contributed by atoms with Crippen molar-refractivity contribution in [1.82, 2.24) is 10.6 Å². The number of nitrogens with one attached hydrogen (secondary N) is 2. The lowest BCUT2D eigenvalue weighted by molar-refractivity contribution is 0.953. The van der Waals surface area contributed by atoms with Gasteiger partial charge in [-0.1, -0.05) is 56.4 Å². The van der Waals surface area contributed by atoms with Gasteiger partial charge in [-0.15, -0.1) is 0 Å². The van der Waals surface area contributed by atoms with Crippen LogP contribution in [0.1, 0.15) is 39.0 Å². The van der Waals surface area contributed by atoms with E-state index in [4.69, 9.17) is 0 Å². The molecule has 0 rings (SSSR count). The highest BCUT2D eigenvalue weighted by Crippen LogP contribution is 2.08. The molecule has 0 atom stereocenters. The third kappa shape index (κ3) is 12.7. The molecule has 4 nitrogen and oxygen atoms in total. The van der Waals surface area contributed by atoms with Gasteiger partial charge in [-0.05, 0) is 18.4 Å². The lowest BCUT2D eigenvalue weighted by atomic mass is 10.1. The van der Waals surface area contributed by atoms with Crippen molar-refractivity contribution in [1.29, 1.82) is 0 Å². The van der Waals surface area contributed by atoms with Crippen molar-refractivity contribution in [3.05, 3.63) is 61.0 Å². The predicted octanol–water partition coefficient (Wildman–Crippen LogP) is 4.56. The van der Waals surface area contributed by atoms with Gasteiger partial charge >= 0.3 is 0 Å². The summed E-state index contributed by atoms with van der Waals surface area (Å²) in [4.78, 5) is 8.76. The molecule has 0 bridgehead atoms. The Hall–Kier alpha value is -2.36. The Labute approximate surface area is 153 Å². The van der Waals surface area contributed by atoms with E-state index < -0.39 is 0 Å². The molecule has 0 fully saturated rings. The molecule has 0 heterocycles. The van der Waals surface area contributed by atoms with Crippen LogP contribution in [0.5, 0.6) is 0 Å². The summed E-state index contributed by atoms with van der Waals surface area (Å²) in [6.07, 6.45) is 21.0. The molecule has 0 radical (unpaired) electrons.